The Labute approximate surface area is 98.3 Å². The van der Waals surface area contributed by atoms with E-state index in [2.05, 4.69) is 20.8 Å². The zero-order valence-electron chi connectivity index (χ0n) is 8.86. The molecule has 0 aliphatic rings. The number of nitrogens with zero attached hydrogens (tertiary/aromatic N) is 2. The molecular formula is C9H13ClN4O2. The summed E-state index contributed by atoms with van der Waals surface area (Å²) >= 11 is 5.55. The first-order valence-corrected chi connectivity index (χ1v) is 5.09. The maximum Gasteiger partial charge on any atom is 0.239 e. The average molecular weight is 245 g/mol. The van der Waals surface area contributed by atoms with Crippen LogP contribution in [0.3, 0.4) is 0 Å². The molecule has 1 amide bonds. The van der Waals surface area contributed by atoms with Crippen LogP contribution >= 0.6 is 11.6 Å². The van der Waals surface area contributed by atoms with Crippen molar-refractivity contribution in [2.75, 3.05) is 32.1 Å². The van der Waals surface area contributed by atoms with Gasteiger partial charge in [-0.15, -0.1) is 10.2 Å². The first-order valence-electron chi connectivity index (χ1n) is 4.71. The molecule has 16 heavy (non-hydrogen) atoms. The van der Waals surface area contributed by atoms with Crippen molar-refractivity contribution in [3.05, 3.63) is 17.3 Å². The van der Waals surface area contributed by atoms with Gasteiger partial charge >= 0.3 is 0 Å². The smallest absolute Gasteiger partial charge is 0.239 e. The molecule has 7 heteroatoms. The van der Waals surface area contributed by atoms with Gasteiger partial charge in [0.15, 0.2) is 11.0 Å². The molecular weight excluding hydrogens is 232 g/mol. The number of carbonyl (C=O) groups is 1. The van der Waals surface area contributed by atoms with E-state index >= 15 is 0 Å². The summed E-state index contributed by atoms with van der Waals surface area (Å²) in [7, 11) is 1.60. The van der Waals surface area contributed by atoms with E-state index in [9.17, 15) is 4.79 Å². The lowest BCUT2D eigenvalue weighted by Crippen LogP contribution is -2.30. The van der Waals surface area contributed by atoms with Gasteiger partial charge in [-0.05, 0) is 12.1 Å². The Morgan fingerprint density at radius 3 is 2.94 bits per heavy atom. The van der Waals surface area contributed by atoms with E-state index in [4.69, 9.17) is 16.3 Å². The normalized spacial score (nSPS) is 10.1. The molecule has 0 saturated heterocycles. The number of rotatable bonds is 6. The zero-order chi connectivity index (χ0) is 11.8. The molecule has 0 aromatic carbocycles. The molecule has 0 radical (unpaired) electrons. The maximum absolute atomic E-state index is 11.3. The van der Waals surface area contributed by atoms with Crippen LogP contribution in [-0.2, 0) is 9.53 Å². The number of aromatic nitrogens is 2. The molecule has 6 nitrogen and oxygen atoms in total. The van der Waals surface area contributed by atoms with Crippen LogP contribution in [0.1, 0.15) is 0 Å². The second kappa shape index (κ2) is 7.10. The molecule has 0 aliphatic heterocycles. The summed E-state index contributed by atoms with van der Waals surface area (Å²) in [5.41, 5.74) is 0. The van der Waals surface area contributed by atoms with Crippen molar-refractivity contribution in [1.82, 2.24) is 15.5 Å². The third-order valence-electron chi connectivity index (χ3n) is 1.67. The second-order valence-electron chi connectivity index (χ2n) is 2.96. The highest BCUT2D eigenvalue weighted by Crippen LogP contribution is 2.05. The molecule has 0 aliphatic carbocycles. The van der Waals surface area contributed by atoms with Gasteiger partial charge in [0.05, 0.1) is 13.2 Å². The van der Waals surface area contributed by atoms with E-state index in [-0.39, 0.29) is 17.6 Å². The van der Waals surface area contributed by atoms with Gasteiger partial charge in [0.1, 0.15) is 0 Å². The van der Waals surface area contributed by atoms with Gasteiger partial charge in [-0.2, -0.15) is 0 Å². The largest absolute Gasteiger partial charge is 0.383 e. The Balaban J connectivity index is 2.26. The predicted octanol–water partition coefficient (Wildman–Crippen LogP) is 0.304. The van der Waals surface area contributed by atoms with Crippen LogP contribution < -0.4 is 10.6 Å². The van der Waals surface area contributed by atoms with Gasteiger partial charge in [0.25, 0.3) is 0 Å². The first kappa shape index (κ1) is 12.8. The number of amides is 1. The topological polar surface area (TPSA) is 76.1 Å². The van der Waals surface area contributed by atoms with Gasteiger partial charge in [0.2, 0.25) is 5.91 Å². The van der Waals surface area contributed by atoms with Crippen LogP contribution in [-0.4, -0.2) is 42.9 Å². The van der Waals surface area contributed by atoms with Crippen LogP contribution in [0.5, 0.6) is 0 Å². The number of methoxy groups -OCH3 is 1. The molecule has 2 N–H and O–H groups in total. The summed E-state index contributed by atoms with van der Waals surface area (Å²) in [4.78, 5) is 11.3. The van der Waals surface area contributed by atoms with Crippen molar-refractivity contribution in [3.63, 3.8) is 0 Å². The van der Waals surface area contributed by atoms with Gasteiger partial charge in [-0.1, -0.05) is 11.6 Å². The van der Waals surface area contributed by atoms with Crippen LogP contribution in [0.15, 0.2) is 12.1 Å². The van der Waals surface area contributed by atoms with Crippen molar-refractivity contribution < 1.29 is 9.53 Å². The molecule has 0 unspecified atom stereocenters. The zero-order valence-corrected chi connectivity index (χ0v) is 9.62. The maximum atomic E-state index is 11.3. The number of ether oxygens (including phenoxy) is 1. The number of anilines is 1. The van der Waals surface area contributed by atoms with Crippen molar-refractivity contribution >= 4 is 23.3 Å². The fourth-order valence-electron chi connectivity index (χ4n) is 0.946. The lowest BCUT2D eigenvalue weighted by molar-refractivity contribution is -0.115. The van der Waals surface area contributed by atoms with Crippen molar-refractivity contribution in [2.24, 2.45) is 0 Å². The highest BCUT2D eigenvalue weighted by molar-refractivity contribution is 6.29. The number of carbonyl (C=O) groups excluding carboxylic acids is 1. The van der Waals surface area contributed by atoms with Crippen molar-refractivity contribution in [1.29, 1.82) is 0 Å². The van der Waals surface area contributed by atoms with E-state index in [0.717, 1.165) is 0 Å². The van der Waals surface area contributed by atoms with E-state index in [1.54, 1.807) is 19.2 Å². The third kappa shape index (κ3) is 5.01. The lowest BCUT2D eigenvalue weighted by Gasteiger charge is -2.04. The highest BCUT2D eigenvalue weighted by atomic mass is 35.5. The first-order chi connectivity index (χ1) is 7.72. The fourth-order valence-corrected chi connectivity index (χ4v) is 1.05. The summed E-state index contributed by atoms with van der Waals surface area (Å²) < 4.78 is 4.82. The number of hydrogen-bond donors (Lipinski definition) is 2. The van der Waals surface area contributed by atoms with E-state index in [1.807, 2.05) is 0 Å². The Hall–Kier alpha value is -1.24. The second-order valence-corrected chi connectivity index (χ2v) is 3.35. The van der Waals surface area contributed by atoms with E-state index < -0.39 is 0 Å². The summed E-state index contributed by atoms with van der Waals surface area (Å²) in [5, 5.41) is 13.1. The number of hydrogen-bond acceptors (Lipinski definition) is 5. The van der Waals surface area contributed by atoms with Gasteiger partial charge in [0, 0.05) is 13.7 Å². The Kier molecular flexibility index (Phi) is 5.69. The predicted molar refractivity (Wildman–Crippen MR) is 60.4 cm³/mol. The molecule has 0 saturated carbocycles. The minimum absolute atomic E-state index is 0.187. The van der Waals surface area contributed by atoms with Crippen molar-refractivity contribution in [3.8, 4) is 0 Å². The van der Waals surface area contributed by atoms with Gasteiger partial charge < -0.3 is 15.4 Å². The molecule has 0 spiro atoms. The number of halogens is 1. The van der Waals surface area contributed by atoms with Gasteiger partial charge in [-0.3, -0.25) is 4.79 Å². The molecule has 1 aromatic rings. The third-order valence-corrected chi connectivity index (χ3v) is 1.87. The molecule has 88 valence electrons. The molecule has 0 atom stereocenters. The van der Waals surface area contributed by atoms with Crippen LogP contribution in [0.4, 0.5) is 5.82 Å². The summed E-state index contributed by atoms with van der Waals surface area (Å²) in [6.45, 7) is 1.39. The SMILES string of the molecule is COCCNCC(=O)Nc1ccc(Cl)nn1. The lowest BCUT2D eigenvalue weighted by atomic mass is 10.5. The highest BCUT2D eigenvalue weighted by Gasteiger charge is 2.02. The summed E-state index contributed by atoms with van der Waals surface area (Å²) in [6, 6.07) is 3.14. The summed E-state index contributed by atoms with van der Waals surface area (Å²) in [6.07, 6.45) is 0. The Bertz CT molecular complexity index is 331. The minimum atomic E-state index is -0.187. The number of nitrogens with one attached hydrogen (secondary N) is 2. The van der Waals surface area contributed by atoms with Crippen LogP contribution in [0.2, 0.25) is 5.15 Å². The van der Waals surface area contributed by atoms with Crippen LogP contribution in [0, 0.1) is 0 Å². The van der Waals surface area contributed by atoms with E-state index in [0.29, 0.717) is 19.0 Å². The average Bonchev–Trinajstić information content (AvgIpc) is 2.28. The monoisotopic (exact) mass is 244 g/mol. The Morgan fingerprint density at radius 2 is 2.31 bits per heavy atom. The Morgan fingerprint density at radius 1 is 1.50 bits per heavy atom. The minimum Gasteiger partial charge on any atom is -0.383 e. The molecule has 1 rings (SSSR count). The molecule has 0 bridgehead atoms. The standard InChI is InChI=1S/C9H13ClN4O2/c1-16-5-4-11-6-9(15)12-8-3-2-7(10)13-14-8/h2-3,11H,4-6H2,1H3,(H,12,14,15). The van der Waals surface area contributed by atoms with Gasteiger partial charge in [-0.25, -0.2) is 0 Å². The molecule has 0 fully saturated rings. The van der Waals surface area contributed by atoms with Crippen molar-refractivity contribution in [2.45, 2.75) is 0 Å². The summed E-state index contributed by atoms with van der Waals surface area (Å²) in [5.74, 6) is 0.190. The fraction of sp³-hybridized carbons (Fsp3) is 0.444. The molecule has 1 heterocycles. The quantitative estimate of drug-likeness (QED) is 0.704. The van der Waals surface area contributed by atoms with Crippen LogP contribution in [0.25, 0.3) is 0 Å². The molecule has 1 aromatic heterocycles. The van der Waals surface area contributed by atoms with E-state index in [1.165, 1.54) is 0 Å².